The summed E-state index contributed by atoms with van der Waals surface area (Å²) >= 11 is 0. The Hall–Kier alpha value is -3.30. The molecule has 1 amide bonds. The molecule has 9 nitrogen and oxygen atoms in total. The molecule has 1 aromatic carbocycles. The van der Waals surface area contributed by atoms with Gasteiger partial charge < -0.3 is 10.1 Å². The molecule has 10 heteroatoms. The molecule has 0 spiro atoms. The molecule has 0 aliphatic rings. The Morgan fingerprint density at radius 2 is 1.96 bits per heavy atom. The van der Waals surface area contributed by atoms with E-state index in [0.29, 0.717) is 5.56 Å². The van der Waals surface area contributed by atoms with Crippen LogP contribution in [-0.4, -0.2) is 32.7 Å². The van der Waals surface area contributed by atoms with Gasteiger partial charge in [-0.05, 0) is 38.5 Å². The fourth-order valence-corrected chi connectivity index (χ4v) is 2.45. The second-order valence-corrected chi connectivity index (χ2v) is 5.91. The van der Waals surface area contributed by atoms with Crippen molar-refractivity contribution < 1.29 is 23.6 Å². The molecule has 144 valence electrons. The van der Waals surface area contributed by atoms with Crippen LogP contribution in [0.3, 0.4) is 0 Å². The zero-order valence-corrected chi connectivity index (χ0v) is 15.1. The molecule has 0 radical (unpaired) electrons. The van der Waals surface area contributed by atoms with Crippen LogP contribution in [0.2, 0.25) is 0 Å². The van der Waals surface area contributed by atoms with Crippen molar-refractivity contribution in [1.82, 2.24) is 15.1 Å². The minimum atomic E-state index is -1.06. The van der Waals surface area contributed by atoms with Crippen molar-refractivity contribution in [3.8, 4) is 0 Å². The zero-order valence-electron chi connectivity index (χ0n) is 15.1. The van der Waals surface area contributed by atoms with Gasteiger partial charge in [-0.25, -0.2) is 4.39 Å². The Balaban J connectivity index is 1.89. The quantitative estimate of drug-likeness (QED) is 0.446. The second-order valence-electron chi connectivity index (χ2n) is 5.91. The molecule has 1 N–H and O–H groups in total. The van der Waals surface area contributed by atoms with Crippen molar-refractivity contribution in [3.63, 3.8) is 0 Å². The van der Waals surface area contributed by atoms with Crippen LogP contribution in [0.1, 0.15) is 23.9 Å². The molecule has 0 saturated heterocycles. The maximum atomic E-state index is 12.8. The van der Waals surface area contributed by atoms with E-state index in [0.717, 1.165) is 0 Å². The molecule has 27 heavy (non-hydrogen) atoms. The summed E-state index contributed by atoms with van der Waals surface area (Å²) in [4.78, 5) is 34.4. The Kier molecular flexibility index (Phi) is 6.22. The largest absolute Gasteiger partial charge is 0.451 e. The van der Waals surface area contributed by atoms with Crippen molar-refractivity contribution in [3.05, 3.63) is 57.1 Å². The molecule has 1 heterocycles. The fourth-order valence-electron chi connectivity index (χ4n) is 2.45. The van der Waals surface area contributed by atoms with E-state index in [2.05, 4.69) is 10.4 Å². The minimum absolute atomic E-state index is 0.157. The molecule has 0 fully saturated rings. The zero-order chi connectivity index (χ0) is 20.1. The first kappa shape index (κ1) is 20.0. The molecule has 0 aliphatic heterocycles. The molecule has 2 rings (SSSR count). The number of amides is 1. The lowest BCUT2D eigenvalue weighted by Gasteiger charge is -2.14. The van der Waals surface area contributed by atoms with Gasteiger partial charge in [-0.2, -0.15) is 5.10 Å². The number of nitrogens with zero attached hydrogens (tertiary/aromatic N) is 3. The van der Waals surface area contributed by atoms with Crippen LogP contribution in [0.15, 0.2) is 24.3 Å². The number of carbonyl (C=O) groups excluding carboxylic acids is 2. The molecule has 0 aliphatic carbocycles. The number of rotatable bonds is 7. The SMILES string of the molecule is Cc1nn(CC(=O)O[C@H](C)C(=O)NCc2ccc(F)cc2)c(C)c1[N+](=O)[O-]. The van der Waals surface area contributed by atoms with Gasteiger partial charge >= 0.3 is 11.7 Å². The maximum Gasteiger partial charge on any atom is 0.328 e. The maximum absolute atomic E-state index is 12.8. The number of benzene rings is 1. The van der Waals surface area contributed by atoms with E-state index in [1.54, 1.807) is 0 Å². The highest BCUT2D eigenvalue weighted by Crippen LogP contribution is 2.21. The van der Waals surface area contributed by atoms with Gasteiger partial charge in [0.2, 0.25) is 0 Å². The summed E-state index contributed by atoms with van der Waals surface area (Å²) in [5, 5.41) is 17.5. The van der Waals surface area contributed by atoms with Gasteiger partial charge in [0, 0.05) is 6.54 Å². The average Bonchev–Trinajstić information content (AvgIpc) is 2.87. The monoisotopic (exact) mass is 378 g/mol. The third-order valence-electron chi connectivity index (χ3n) is 3.86. The van der Waals surface area contributed by atoms with E-state index < -0.39 is 22.9 Å². The van der Waals surface area contributed by atoms with Crippen LogP contribution in [0.25, 0.3) is 0 Å². The Morgan fingerprint density at radius 3 is 2.52 bits per heavy atom. The topological polar surface area (TPSA) is 116 Å². The van der Waals surface area contributed by atoms with Crippen molar-refractivity contribution >= 4 is 17.6 Å². The van der Waals surface area contributed by atoms with E-state index in [9.17, 15) is 24.1 Å². The molecule has 2 aromatic rings. The van der Waals surface area contributed by atoms with E-state index in [1.807, 2.05) is 0 Å². The van der Waals surface area contributed by atoms with Crippen LogP contribution in [-0.2, 0) is 27.4 Å². The van der Waals surface area contributed by atoms with Crippen LogP contribution in [0.4, 0.5) is 10.1 Å². The van der Waals surface area contributed by atoms with Crippen LogP contribution in [0.5, 0.6) is 0 Å². The van der Waals surface area contributed by atoms with Crippen LogP contribution < -0.4 is 5.32 Å². The van der Waals surface area contributed by atoms with Crippen molar-refractivity contribution in [2.24, 2.45) is 0 Å². The second kappa shape index (κ2) is 8.39. The number of ether oxygens (including phenoxy) is 1. The number of nitro groups is 1. The van der Waals surface area contributed by atoms with E-state index in [-0.39, 0.29) is 36.0 Å². The number of aromatic nitrogens is 2. The number of esters is 1. The molecular weight excluding hydrogens is 359 g/mol. The molecular formula is C17H19FN4O5. The van der Waals surface area contributed by atoms with E-state index in [4.69, 9.17) is 4.74 Å². The third-order valence-corrected chi connectivity index (χ3v) is 3.86. The summed E-state index contributed by atoms with van der Waals surface area (Å²) in [6.45, 7) is 4.16. The van der Waals surface area contributed by atoms with Crippen LogP contribution in [0, 0.1) is 29.8 Å². The van der Waals surface area contributed by atoms with Gasteiger partial charge in [-0.1, -0.05) is 12.1 Å². The lowest BCUT2D eigenvalue weighted by atomic mass is 10.2. The highest BCUT2D eigenvalue weighted by molar-refractivity contribution is 5.83. The first-order valence-electron chi connectivity index (χ1n) is 8.09. The molecule has 1 aromatic heterocycles. The van der Waals surface area contributed by atoms with E-state index >= 15 is 0 Å². The first-order chi connectivity index (χ1) is 12.7. The third kappa shape index (κ3) is 5.09. The normalized spacial score (nSPS) is 11.7. The number of nitrogens with one attached hydrogen (secondary N) is 1. The summed E-state index contributed by atoms with van der Waals surface area (Å²) in [5.74, 6) is -1.65. The minimum Gasteiger partial charge on any atom is -0.451 e. The van der Waals surface area contributed by atoms with E-state index in [1.165, 1.54) is 49.7 Å². The summed E-state index contributed by atoms with van der Waals surface area (Å²) in [5.41, 5.74) is 0.948. The summed E-state index contributed by atoms with van der Waals surface area (Å²) in [6, 6.07) is 5.61. The lowest BCUT2D eigenvalue weighted by molar-refractivity contribution is -0.386. The molecule has 0 bridgehead atoms. The predicted octanol–water partition coefficient (Wildman–Crippen LogP) is 1.80. The van der Waals surface area contributed by atoms with Crippen molar-refractivity contribution in [2.75, 3.05) is 0 Å². The number of hydrogen-bond donors (Lipinski definition) is 1. The summed E-state index contributed by atoms with van der Waals surface area (Å²) in [7, 11) is 0. The van der Waals surface area contributed by atoms with Crippen molar-refractivity contribution in [1.29, 1.82) is 0 Å². The Bertz CT molecular complexity index is 863. The van der Waals surface area contributed by atoms with Crippen LogP contribution >= 0.6 is 0 Å². The number of hydrogen-bond acceptors (Lipinski definition) is 6. The number of aryl methyl sites for hydroxylation is 1. The van der Waals surface area contributed by atoms with Crippen molar-refractivity contribution in [2.45, 2.75) is 40.0 Å². The Labute approximate surface area is 154 Å². The summed E-state index contributed by atoms with van der Waals surface area (Å²) in [6.07, 6.45) is -1.06. The van der Waals surface area contributed by atoms with Gasteiger partial charge in [0.25, 0.3) is 5.91 Å². The van der Waals surface area contributed by atoms with Gasteiger partial charge in [-0.3, -0.25) is 24.4 Å². The fraction of sp³-hybridized carbons (Fsp3) is 0.353. The standard InChI is InChI=1S/C17H19FN4O5/c1-10-16(22(25)26)11(2)21(20-10)9-15(23)27-12(3)17(24)19-8-13-4-6-14(18)7-5-13/h4-7,12H,8-9H2,1-3H3,(H,19,24)/t12-/m1/s1. The number of carbonyl (C=O) groups is 2. The molecule has 0 unspecified atom stereocenters. The average molecular weight is 378 g/mol. The van der Waals surface area contributed by atoms with Gasteiger partial charge in [0.15, 0.2) is 6.10 Å². The van der Waals surface area contributed by atoms with Gasteiger partial charge in [0.05, 0.1) is 4.92 Å². The van der Waals surface area contributed by atoms with Gasteiger partial charge in [-0.15, -0.1) is 0 Å². The summed E-state index contributed by atoms with van der Waals surface area (Å²) < 4.78 is 19.1. The van der Waals surface area contributed by atoms with Gasteiger partial charge in [0.1, 0.15) is 23.7 Å². The molecule has 0 saturated carbocycles. The Morgan fingerprint density at radius 1 is 1.33 bits per heavy atom. The predicted molar refractivity (Wildman–Crippen MR) is 92.2 cm³/mol. The number of halogens is 1. The molecule has 1 atom stereocenters. The smallest absolute Gasteiger partial charge is 0.328 e. The first-order valence-corrected chi connectivity index (χ1v) is 8.09. The lowest BCUT2D eigenvalue weighted by Crippen LogP contribution is -2.36. The highest BCUT2D eigenvalue weighted by atomic mass is 19.1. The highest BCUT2D eigenvalue weighted by Gasteiger charge is 2.24.